The Hall–Kier alpha value is -1.56. The molecule has 0 radical (unpaired) electrons. The lowest BCUT2D eigenvalue weighted by atomic mass is 10.3. The van der Waals surface area contributed by atoms with Crippen LogP contribution in [0.1, 0.15) is 17.8 Å². The fraction of sp³-hybridized carbons (Fsp3) is 0.385. The van der Waals surface area contributed by atoms with E-state index in [1.165, 1.54) is 5.69 Å². The quantitative estimate of drug-likeness (QED) is 0.830. The van der Waals surface area contributed by atoms with Gasteiger partial charge in [0.2, 0.25) is 0 Å². The Morgan fingerprint density at radius 3 is 2.79 bits per heavy atom. The van der Waals surface area contributed by atoms with E-state index in [9.17, 15) is 0 Å². The molecule has 0 aliphatic carbocycles. The molecule has 0 spiro atoms. The summed E-state index contributed by atoms with van der Waals surface area (Å²) < 4.78 is 2.92. The van der Waals surface area contributed by atoms with Gasteiger partial charge in [0.15, 0.2) is 0 Å². The molecule has 0 amide bonds. The largest absolute Gasteiger partial charge is 0.397 e. The Balaban J connectivity index is 1.82. The highest BCUT2D eigenvalue weighted by atomic mass is 79.9. The molecule has 2 heterocycles. The monoisotopic (exact) mass is 323 g/mol. The fourth-order valence-electron chi connectivity index (χ4n) is 1.92. The highest BCUT2D eigenvalue weighted by molar-refractivity contribution is 9.10. The zero-order valence-electron chi connectivity index (χ0n) is 11.2. The maximum absolute atomic E-state index is 5.65. The van der Waals surface area contributed by atoms with Gasteiger partial charge in [-0.2, -0.15) is 5.10 Å². The number of aromatic nitrogens is 3. The van der Waals surface area contributed by atoms with Gasteiger partial charge in [0.1, 0.15) is 5.82 Å². The van der Waals surface area contributed by atoms with Crippen LogP contribution in [-0.4, -0.2) is 21.3 Å². The minimum absolute atomic E-state index is 0.653. The van der Waals surface area contributed by atoms with Gasteiger partial charge < -0.3 is 11.1 Å². The maximum atomic E-state index is 5.65. The van der Waals surface area contributed by atoms with E-state index >= 15 is 0 Å². The number of nitrogens with one attached hydrogen (secondary N) is 1. The highest BCUT2D eigenvalue weighted by Gasteiger charge is 2.02. The van der Waals surface area contributed by atoms with Crippen LogP contribution in [-0.2, 0) is 6.54 Å². The summed E-state index contributed by atoms with van der Waals surface area (Å²) in [6, 6.07) is 3.93. The molecular formula is C13H18BrN5. The number of hydrogen-bond acceptors (Lipinski definition) is 4. The molecule has 3 N–H and O–H groups in total. The minimum Gasteiger partial charge on any atom is -0.397 e. The van der Waals surface area contributed by atoms with Crippen LogP contribution in [0.25, 0.3) is 0 Å². The molecule has 0 bridgehead atoms. The van der Waals surface area contributed by atoms with Gasteiger partial charge in [-0.15, -0.1) is 0 Å². The topological polar surface area (TPSA) is 68.8 Å². The van der Waals surface area contributed by atoms with Crippen LogP contribution in [0.4, 0.5) is 11.5 Å². The molecule has 19 heavy (non-hydrogen) atoms. The number of nitrogens with zero attached hydrogens (tertiary/aromatic N) is 3. The third-order valence-electron chi connectivity index (χ3n) is 2.80. The van der Waals surface area contributed by atoms with Crippen LogP contribution in [0.5, 0.6) is 0 Å². The summed E-state index contributed by atoms with van der Waals surface area (Å²) in [4.78, 5) is 4.24. The molecule has 0 aliphatic heterocycles. The van der Waals surface area contributed by atoms with E-state index in [-0.39, 0.29) is 0 Å². The van der Waals surface area contributed by atoms with E-state index in [1.807, 2.05) is 17.7 Å². The highest BCUT2D eigenvalue weighted by Crippen LogP contribution is 2.21. The van der Waals surface area contributed by atoms with Crippen molar-refractivity contribution in [3.05, 3.63) is 34.2 Å². The molecule has 0 atom stereocenters. The first-order chi connectivity index (χ1) is 9.06. The Kier molecular flexibility index (Phi) is 4.42. The van der Waals surface area contributed by atoms with Gasteiger partial charge in [-0.1, -0.05) is 0 Å². The van der Waals surface area contributed by atoms with Crippen LogP contribution < -0.4 is 11.1 Å². The second kappa shape index (κ2) is 6.06. The van der Waals surface area contributed by atoms with E-state index in [2.05, 4.69) is 44.3 Å². The van der Waals surface area contributed by atoms with Crippen molar-refractivity contribution < 1.29 is 0 Å². The Morgan fingerprint density at radius 1 is 1.37 bits per heavy atom. The number of anilines is 2. The number of nitrogens with two attached hydrogens (primary N) is 1. The predicted octanol–water partition coefficient (Wildman–Crippen LogP) is 2.74. The Bertz CT molecular complexity index is 564. The van der Waals surface area contributed by atoms with E-state index in [1.54, 1.807) is 6.20 Å². The molecular weight excluding hydrogens is 306 g/mol. The van der Waals surface area contributed by atoms with Gasteiger partial charge in [-0.25, -0.2) is 4.98 Å². The molecule has 0 fully saturated rings. The SMILES string of the molecule is Cc1cc(C)n(CCCNc2ncc(N)cc2Br)n1. The van der Waals surface area contributed by atoms with Crippen LogP contribution >= 0.6 is 15.9 Å². The Morgan fingerprint density at radius 2 is 2.16 bits per heavy atom. The van der Waals surface area contributed by atoms with Gasteiger partial charge in [-0.3, -0.25) is 4.68 Å². The first kappa shape index (κ1) is 13.9. The molecule has 102 valence electrons. The van der Waals surface area contributed by atoms with Crippen LogP contribution in [0.3, 0.4) is 0 Å². The average Bonchev–Trinajstić information content (AvgIpc) is 2.65. The van der Waals surface area contributed by atoms with Gasteiger partial charge in [-0.05, 0) is 48.3 Å². The molecule has 2 aromatic rings. The molecule has 0 aliphatic rings. The lowest BCUT2D eigenvalue weighted by Crippen LogP contribution is -2.10. The fourth-order valence-corrected chi connectivity index (χ4v) is 2.43. The zero-order chi connectivity index (χ0) is 13.8. The number of hydrogen-bond donors (Lipinski definition) is 2. The molecule has 2 aromatic heterocycles. The molecule has 0 unspecified atom stereocenters. The molecule has 0 aromatic carbocycles. The van der Waals surface area contributed by atoms with Crippen molar-refractivity contribution in [2.24, 2.45) is 0 Å². The molecule has 0 saturated carbocycles. The lowest BCUT2D eigenvalue weighted by molar-refractivity contribution is 0.573. The number of halogens is 1. The van der Waals surface area contributed by atoms with Crippen LogP contribution in [0.2, 0.25) is 0 Å². The molecule has 0 saturated heterocycles. The first-order valence-electron chi connectivity index (χ1n) is 6.22. The number of nitrogen functional groups attached to an aromatic ring is 1. The van der Waals surface area contributed by atoms with Crippen molar-refractivity contribution in [1.82, 2.24) is 14.8 Å². The number of aryl methyl sites for hydroxylation is 3. The van der Waals surface area contributed by atoms with Crippen molar-refractivity contribution >= 4 is 27.4 Å². The predicted molar refractivity (Wildman–Crippen MR) is 81.2 cm³/mol. The maximum Gasteiger partial charge on any atom is 0.140 e. The smallest absolute Gasteiger partial charge is 0.140 e. The summed E-state index contributed by atoms with van der Waals surface area (Å²) >= 11 is 3.44. The van der Waals surface area contributed by atoms with E-state index in [0.717, 1.165) is 35.5 Å². The standard InChI is InChI=1S/C13H18BrN5/c1-9-6-10(2)19(18-9)5-3-4-16-13-12(14)7-11(15)8-17-13/h6-8H,3-5,15H2,1-2H3,(H,16,17). The van der Waals surface area contributed by atoms with Crippen molar-refractivity contribution in [3.8, 4) is 0 Å². The summed E-state index contributed by atoms with van der Waals surface area (Å²) in [7, 11) is 0. The van der Waals surface area contributed by atoms with E-state index in [4.69, 9.17) is 5.73 Å². The number of pyridine rings is 1. The summed E-state index contributed by atoms with van der Waals surface area (Å²) in [6.07, 6.45) is 2.63. The number of rotatable bonds is 5. The third-order valence-corrected chi connectivity index (χ3v) is 3.41. The average molecular weight is 324 g/mol. The lowest BCUT2D eigenvalue weighted by Gasteiger charge is -2.08. The molecule has 6 heteroatoms. The van der Waals surface area contributed by atoms with Crippen LogP contribution in [0, 0.1) is 13.8 Å². The van der Waals surface area contributed by atoms with Crippen molar-refractivity contribution in [1.29, 1.82) is 0 Å². The van der Waals surface area contributed by atoms with Gasteiger partial charge in [0.25, 0.3) is 0 Å². The summed E-state index contributed by atoms with van der Waals surface area (Å²) in [6.45, 7) is 5.83. The molecule has 5 nitrogen and oxygen atoms in total. The van der Waals surface area contributed by atoms with Gasteiger partial charge >= 0.3 is 0 Å². The minimum atomic E-state index is 0.653. The first-order valence-corrected chi connectivity index (χ1v) is 7.01. The van der Waals surface area contributed by atoms with E-state index < -0.39 is 0 Å². The van der Waals surface area contributed by atoms with Crippen molar-refractivity contribution in [2.75, 3.05) is 17.6 Å². The second-order valence-corrected chi connectivity index (χ2v) is 5.38. The van der Waals surface area contributed by atoms with Gasteiger partial charge in [0.05, 0.1) is 22.1 Å². The third kappa shape index (κ3) is 3.70. The van der Waals surface area contributed by atoms with Crippen LogP contribution in [0.15, 0.2) is 22.8 Å². The summed E-state index contributed by atoms with van der Waals surface area (Å²) in [5.74, 6) is 0.822. The van der Waals surface area contributed by atoms with Crippen molar-refractivity contribution in [2.45, 2.75) is 26.8 Å². The Labute approximate surface area is 121 Å². The molecule has 2 rings (SSSR count). The second-order valence-electron chi connectivity index (χ2n) is 4.53. The normalized spacial score (nSPS) is 10.7. The van der Waals surface area contributed by atoms with Crippen molar-refractivity contribution in [3.63, 3.8) is 0 Å². The van der Waals surface area contributed by atoms with E-state index in [0.29, 0.717) is 5.69 Å². The summed E-state index contributed by atoms with van der Waals surface area (Å²) in [5.41, 5.74) is 8.56. The van der Waals surface area contributed by atoms with Gasteiger partial charge in [0, 0.05) is 18.8 Å². The summed E-state index contributed by atoms with van der Waals surface area (Å²) in [5, 5.41) is 7.71. The zero-order valence-corrected chi connectivity index (χ0v) is 12.7.